The van der Waals surface area contributed by atoms with Crippen molar-refractivity contribution in [3.63, 3.8) is 0 Å². The van der Waals surface area contributed by atoms with Crippen LogP contribution in [0.5, 0.6) is 0 Å². The Morgan fingerprint density at radius 3 is 2.64 bits per heavy atom. The molecule has 0 aliphatic heterocycles. The van der Waals surface area contributed by atoms with Crippen LogP contribution in [-0.2, 0) is 6.54 Å². The molecule has 0 atom stereocenters. The predicted octanol–water partition coefficient (Wildman–Crippen LogP) is 1.79. The average Bonchev–Trinajstić information content (AvgIpc) is 2.19. The minimum absolute atomic E-state index is 0.318. The zero-order valence-electron chi connectivity index (χ0n) is 6.43. The molecule has 0 aliphatic rings. The van der Waals surface area contributed by atoms with Gasteiger partial charge in [-0.3, -0.25) is 4.68 Å². The lowest BCUT2D eigenvalue weighted by Gasteiger charge is -1.94. The van der Waals surface area contributed by atoms with Gasteiger partial charge in [0, 0.05) is 0 Å². The van der Waals surface area contributed by atoms with Gasteiger partial charge in [-0.15, -0.1) is 0 Å². The molecule has 0 N–H and O–H groups in total. The number of aromatic nitrogens is 2. The van der Waals surface area contributed by atoms with E-state index in [0.29, 0.717) is 6.54 Å². The molecule has 1 aromatic rings. The van der Waals surface area contributed by atoms with Gasteiger partial charge in [0.25, 0.3) is 0 Å². The average molecular weight is 214 g/mol. The van der Waals surface area contributed by atoms with Gasteiger partial charge < -0.3 is 0 Å². The summed E-state index contributed by atoms with van der Waals surface area (Å²) in [5.74, 6) is 0. The molecule has 0 unspecified atom stereocenters. The fourth-order valence-corrected chi connectivity index (χ4v) is 1.18. The molecule has 1 aromatic heterocycles. The molecular weight excluding hydrogens is 206 g/mol. The van der Waals surface area contributed by atoms with Crippen LogP contribution in [0.15, 0.2) is 4.47 Å². The highest BCUT2D eigenvalue weighted by atomic mass is 79.9. The van der Waals surface area contributed by atoms with Gasteiger partial charge in [-0.25, -0.2) is 0 Å². The second-order valence-electron chi connectivity index (χ2n) is 2.30. The van der Waals surface area contributed by atoms with Crippen molar-refractivity contribution in [3.05, 3.63) is 15.9 Å². The zero-order valence-corrected chi connectivity index (χ0v) is 8.01. The summed E-state index contributed by atoms with van der Waals surface area (Å²) in [7, 11) is 0. The molecule has 0 radical (unpaired) electrons. The van der Waals surface area contributed by atoms with Crippen molar-refractivity contribution in [1.82, 2.24) is 9.78 Å². The highest BCUT2D eigenvalue weighted by molar-refractivity contribution is 9.10. The second-order valence-corrected chi connectivity index (χ2v) is 3.09. The minimum Gasteiger partial charge on any atom is -0.254 e. The van der Waals surface area contributed by atoms with E-state index in [1.54, 1.807) is 4.68 Å². The van der Waals surface area contributed by atoms with Crippen molar-refractivity contribution < 1.29 is 0 Å². The zero-order chi connectivity index (χ0) is 8.43. The molecule has 0 spiro atoms. The lowest BCUT2D eigenvalue weighted by molar-refractivity contribution is 0.679. The van der Waals surface area contributed by atoms with E-state index in [4.69, 9.17) is 5.26 Å². The van der Waals surface area contributed by atoms with Crippen LogP contribution < -0.4 is 0 Å². The van der Waals surface area contributed by atoms with Crippen LogP contribution in [0.25, 0.3) is 0 Å². The normalized spacial score (nSPS) is 9.64. The van der Waals surface area contributed by atoms with Crippen LogP contribution in [0.1, 0.15) is 11.4 Å². The minimum atomic E-state index is 0.318. The van der Waals surface area contributed by atoms with Crippen molar-refractivity contribution >= 4 is 15.9 Å². The first-order chi connectivity index (χ1) is 5.16. The third-order valence-electron chi connectivity index (χ3n) is 1.51. The lowest BCUT2D eigenvalue weighted by atomic mass is 10.4. The van der Waals surface area contributed by atoms with E-state index in [-0.39, 0.29) is 0 Å². The van der Waals surface area contributed by atoms with Gasteiger partial charge in [-0.05, 0) is 29.8 Å². The van der Waals surface area contributed by atoms with Gasteiger partial charge in [0.15, 0.2) is 0 Å². The molecular formula is C7H8BrN3. The maximum Gasteiger partial charge on any atom is 0.128 e. The van der Waals surface area contributed by atoms with Gasteiger partial charge in [0.1, 0.15) is 6.54 Å². The quantitative estimate of drug-likeness (QED) is 0.714. The van der Waals surface area contributed by atoms with Crippen LogP contribution in [0.3, 0.4) is 0 Å². The molecule has 0 aromatic carbocycles. The molecule has 1 heterocycles. The Balaban J connectivity index is 3.10. The first kappa shape index (κ1) is 8.28. The van der Waals surface area contributed by atoms with Crippen molar-refractivity contribution in [2.45, 2.75) is 20.4 Å². The Morgan fingerprint density at radius 1 is 1.64 bits per heavy atom. The van der Waals surface area contributed by atoms with E-state index in [1.807, 2.05) is 19.9 Å². The van der Waals surface area contributed by atoms with E-state index >= 15 is 0 Å². The molecule has 0 aliphatic carbocycles. The summed E-state index contributed by atoms with van der Waals surface area (Å²) in [6, 6.07) is 2.04. The highest BCUT2D eigenvalue weighted by Crippen LogP contribution is 2.19. The first-order valence-electron chi connectivity index (χ1n) is 3.23. The third kappa shape index (κ3) is 1.43. The molecule has 3 nitrogen and oxygen atoms in total. The van der Waals surface area contributed by atoms with E-state index in [1.165, 1.54) is 0 Å². The van der Waals surface area contributed by atoms with Crippen molar-refractivity contribution in [2.75, 3.05) is 0 Å². The standard InChI is InChI=1S/C7H8BrN3/c1-5-7(8)6(2)11(10-5)4-3-9/h4H2,1-2H3. The molecule has 0 saturated carbocycles. The summed E-state index contributed by atoms with van der Waals surface area (Å²) in [6.07, 6.45) is 0. The summed E-state index contributed by atoms with van der Waals surface area (Å²) in [4.78, 5) is 0. The Labute approximate surface area is 73.8 Å². The fourth-order valence-electron chi connectivity index (χ4n) is 0.896. The summed E-state index contributed by atoms with van der Waals surface area (Å²) >= 11 is 3.38. The fraction of sp³-hybridized carbons (Fsp3) is 0.429. The smallest absolute Gasteiger partial charge is 0.128 e. The number of hydrogen-bond acceptors (Lipinski definition) is 2. The third-order valence-corrected chi connectivity index (χ3v) is 2.66. The summed E-state index contributed by atoms with van der Waals surface area (Å²) < 4.78 is 2.67. The number of halogens is 1. The molecule has 0 saturated heterocycles. The molecule has 4 heteroatoms. The van der Waals surface area contributed by atoms with Gasteiger partial charge in [0.05, 0.1) is 21.9 Å². The topological polar surface area (TPSA) is 41.6 Å². The maximum absolute atomic E-state index is 8.42. The van der Waals surface area contributed by atoms with Gasteiger partial charge in [0.2, 0.25) is 0 Å². The Kier molecular flexibility index (Phi) is 2.30. The van der Waals surface area contributed by atoms with Gasteiger partial charge in [-0.1, -0.05) is 0 Å². The molecule has 0 amide bonds. The van der Waals surface area contributed by atoms with Crippen molar-refractivity contribution in [1.29, 1.82) is 5.26 Å². The Hall–Kier alpha value is -0.820. The molecule has 1 rings (SSSR count). The van der Waals surface area contributed by atoms with Gasteiger partial charge in [-0.2, -0.15) is 10.4 Å². The van der Waals surface area contributed by atoms with Gasteiger partial charge >= 0.3 is 0 Å². The number of rotatable bonds is 1. The van der Waals surface area contributed by atoms with E-state index in [9.17, 15) is 0 Å². The Morgan fingerprint density at radius 2 is 2.27 bits per heavy atom. The SMILES string of the molecule is Cc1nn(CC#N)c(C)c1Br. The van der Waals surface area contributed by atoms with Crippen LogP contribution in [0.4, 0.5) is 0 Å². The van der Waals surface area contributed by atoms with Crippen LogP contribution in [-0.4, -0.2) is 9.78 Å². The second kappa shape index (κ2) is 3.05. The number of hydrogen-bond donors (Lipinski definition) is 0. The number of nitrogens with zero attached hydrogens (tertiary/aromatic N) is 3. The lowest BCUT2D eigenvalue weighted by Crippen LogP contribution is -1.99. The van der Waals surface area contributed by atoms with Crippen molar-refractivity contribution in [2.24, 2.45) is 0 Å². The molecule has 11 heavy (non-hydrogen) atoms. The number of aryl methyl sites for hydroxylation is 1. The molecule has 58 valence electrons. The summed E-state index contributed by atoms with van der Waals surface area (Å²) in [5, 5.41) is 12.6. The van der Waals surface area contributed by atoms with E-state index in [2.05, 4.69) is 21.0 Å². The van der Waals surface area contributed by atoms with Crippen LogP contribution >= 0.6 is 15.9 Å². The first-order valence-corrected chi connectivity index (χ1v) is 4.02. The largest absolute Gasteiger partial charge is 0.254 e. The highest BCUT2D eigenvalue weighted by Gasteiger charge is 2.06. The maximum atomic E-state index is 8.42. The monoisotopic (exact) mass is 213 g/mol. The van der Waals surface area contributed by atoms with E-state index < -0.39 is 0 Å². The molecule has 0 bridgehead atoms. The number of nitriles is 1. The molecule has 0 fully saturated rings. The van der Waals surface area contributed by atoms with Crippen molar-refractivity contribution in [3.8, 4) is 6.07 Å². The Bertz CT molecular complexity index is 308. The van der Waals surface area contributed by atoms with Crippen LogP contribution in [0.2, 0.25) is 0 Å². The van der Waals surface area contributed by atoms with Crippen LogP contribution in [0, 0.1) is 25.2 Å². The predicted molar refractivity (Wildman–Crippen MR) is 45.0 cm³/mol. The summed E-state index contributed by atoms with van der Waals surface area (Å²) in [5.41, 5.74) is 1.93. The summed E-state index contributed by atoms with van der Waals surface area (Å²) in [6.45, 7) is 4.16. The van der Waals surface area contributed by atoms with E-state index in [0.717, 1.165) is 15.9 Å².